The standard InChI is InChI=1S/C15H22N2O2/c1-11-5-7-13(8-6-11)17-12(2)15(18)16-10-14-4-3-9-19-14/h5-8,12,14,17H,3-4,9-10H2,1-2H3,(H,16,18). The number of carbonyl (C=O) groups is 1. The Kier molecular flexibility index (Phi) is 4.80. The van der Waals surface area contributed by atoms with E-state index in [9.17, 15) is 4.79 Å². The summed E-state index contributed by atoms with van der Waals surface area (Å²) < 4.78 is 5.48. The third-order valence-corrected chi connectivity index (χ3v) is 3.36. The highest BCUT2D eigenvalue weighted by Crippen LogP contribution is 2.12. The summed E-state index contributed by atoms with van der Waals surface area (Å²) >= 11 is 0. The highest BCUT2D eigenvalue weighted by Gasteiger charge is 2.18. The molecule has 1 aliphatic heterocycles. The van der Waals surface area contributed by atoms with Crippen LogP contribution >= 0.6 is 0 Å². The second-order valence-electron chi connectivity index (χ2n) is 5.11. The maximum atomic E-state index is 11.9. The lowest BCUT2D eigenvalue weighted by molar-refractivity contribution is -0.122. The second kappa shape index (κ2) is 6.57. The van der Waals surface area contributed by atoms with E-state index in [1.807, 2.05) is 38.1 Å². The monoisotopic (exact) mass is 262 g/mol. The third kappa shape index (κ3) is 4.24. The van der Waals surface area contributed by atoms with Gasteiger partial charge >= 0.3 is 0 Å². The summed E-state index contributed by atoms with van der Waals surface area (Å²) in [5, 5.41) is 6.12. The number of carbonyl (C=O) groups excluding carboxylic acids is 1. The zero-order chi connectivity index (χ0) is 13.7. The van der Waals surface area contributed by atoms with Gasteiger partial charge in [0.15, 0.2) is 0 Å². The van der Waals surface area contributed by atoms with Gasteiger partial charge in [-0.05, 0) is 38.8 Å². The van der Waals surface area contributed by atoms with Crippen LogP contribution in [0.2, 0.25) is 0 Å². The van der Waals surface area contributed by atoms with Crippen molar-refractivity contribution in [1.82, 2.24) is 5.32 Å². The van der Waals surface area contributed by atoms with Gasteiger partial charge in [-0.15, -0.1) is 0 Å². The summed E-state index contributed by atoms with van der Waals surface area (Å²) in [4.78, 5) is 11.9. The Morgan fingerprint density at radius 2 is 2.16 bits per heavy atom. The molecular weight excluding hydrogens is 240 g/mol. The molecule has 0 bridgehead atoms. The number of rotatable bonds is 5. The normalized spacial score (nSPS) is 20.0. The molecule has 4 nitrogen and oxygen atoms in total. The van der Waals surface area contributed by atoms with E-state index in [4.69, 9.17) is 4.74 Å². The summed E-state index contributed by atoms with van der Waals surface area (Å²) in [5.74, 6) is 0.0103. The van der Waals surface area contributed by atoms with Crippen LogP contribution in [0, 0.1) is 6.92 Å². The molecule has 0 radical (unpaired) electrons. The van der Waals surface area contributed by atoms with E-state index in [0.717, 1.165) is 25.1 Å². The van der Waals surface area contributed by atoms with Crippen molar-refractivity contribution in [3.63, 3.8) is 0 Å². The molecule has 104 valence electrons. The van der Waals surface area contributed by atoms with E-state index in [1.54, 1.807) is 0 Å². The minimum Gasteiger partial charge on any atom is -0.376 e. The molecule has 2 atom stereocenters. The SMILES string of the molecule is Cc1ccc(NC(C)C(=O)NCC2CCCO2)cc1. The van der Waals surface area contributed by atoms with Crippen molar-refractivity contribution in [3.05, 3.63) is 29.8 Å². The Bertz CT molecular complexity index is 411. The summed E-state index contributed by atoms with van der Waals surface area (Å²) in [5.41, 5.74) is 2.17. The molecule has 1 amide bonds. The first-order chi connectivity index (χ1) is 9.15. The maximum Gasteiger partial charge on any atom is 0.242 e. The zero-order valence-corrected chi connectivity index (χ0v) is 11.6. The van der Waals surface area contributed by atoms with Gasteiger partial charge in [0.2, 0.25) is 5.91 Å². The molecule has 1 fully saturated rings. The van der Waals surface area contributed by atoms with Crippen molar-refractivity contribution in [3.8, 4) is 0 Å². The lowest BCUT2D eigenvalue weighted by atomic mass is 10.2. The molecule has 2 unspecified atom stereocenters. The van der Waals surface area contributed by atoms with Crippen LogP contribution in [0.1, 0.15) is 25.3 Å². The predicted octanol–water partition coefficient (Wildman–Crippen LogP) is 2.09. The van der Waals surface area contributed by atoms with Crippen molar-refractivity contribution in [2.75, 3.05) is 18.5 Å². The van der Waals surface area contributed by atoms with Crippen molar-refractivity contribution in [1.29, 1.82) is 0 Å². The van der Waals surface area contributed by atoms with Gasteiger partial charge in [0, 0.05) is 18.8 Å². The minimum atomic E-state index is -0.246. The van der Waals surface area contributed by atoms with Gasteiger partial charge in [-0.2, -0.15) is 0 Å². The lowest BCUT2D eigenvalue weighted by Crippen LogP contribution is -2.41. The van der Waals surface area contributed by atoms with E-state index >= 15 is 0 Å². The fourth-order valence-electron chi connectivity index (χ4n) is 2.14. The fourth-order valence-corrected chi connectivity index (χ4v) is 2.14. The molecule has 4 heteroatoms. The van der Waals surface area contributed by atoms with E-state index in [2.05, 4.69) is 10.6 Å². The molecule has 1 heterocycles. The van der Waals surface area contributed by atoms with Crippen molar-refractivity contribution in [2.45, 2.75) is 38.8 Å². The molecule has 2 rings (SSSR count). The van der Waals surface area contributed by atoms with Crippen LogP contribution in [-0.4, -0.2) is 31.2 Å². The topological polar surface area (TPSA) is 50.4 Å². The van der Waals surface area contributed by atoms with E-state index < -0.39 is 0 Å². The number of hydrogen-bond acceptors (Lipinski definition) is 3. The lowest BCUT2D eigenvalue weighted by Gasteiger charge is -2.17. The molecule has 0 aromatic heterocycles. The molecule has 19 heavy (non-hydrogen) atoms. The van der Waals surface area contributed by atoms with Crippen LogP contribution in [0.3, 0.4) is 0 Å². The number of aryl methyl sites for hydroxylation is 1. The number of nitrogens with one attached hydrogen (secondary N) is 2. The molecule has 0 saturated carbocycles. The Labute approximate surface area is 114 Å². The summed E-state index contributed by atoms with van der Waals surface area (Å²) in [6, 6.07) is 7.78. The maximum absolute atomic E-state index is 11.9. The van der Waals surface area contributed by atoms with Gasteiger partial charge in [0.1, 0.15) is 6.04 Å². The first-order valence-corrected chi connectivity index (χ1v) is 6.87. The molecular formula is C15H22N2O2. The molecule has 0 spiro atoms. The first-order valence-electron chi connectivity index (χ1n) is 6.87. The van der Waals surface area contributed by atoms with E-state index in [-0.39, 0.29) is 18.1 Å². The van der Waals surface area contributed by atoms with Crippen LogP contribution in [0.25, 0.3) is 0 Å². The number of benzene rings is 1. The van der Waals surface area contributed by atoms with Gasteiger partial charge < -0.3 is 15.4 Å². The number of ether oxygens (including phenoxy) is 1. The summed E-state index contributed by atoms with van der Waals surface area (Å²) in [6.07, 6.45) is 2.33. The van der Waals surface area contributed by atoms with Crippen molar-refractivity contribution < 1.29 is 9.53 Å². The number of amides is 1. The molecule has 1 aromatic rings. The Hall–Kier alpha value is -1.55. The van der Waals surface area contributed by atoms with Gasteiger partial charge in [-0.1, -0.05) is 17.7 Å². The van der Waals surface area contributed by atoms with E-state index in [1.165, 1.54) is 5.56 Å². The average Bonchev–Trinajstić information content (AvgIpc) is 2.91. The highest BCUT2D eigenvalue weighted by molar-refractivity contribution is 5.84. The molecule has 1 saturated heterocycles. The van der Waals surface area contributed by atoms with Crippen LogP contribution in [0.15, 0.2) is 24.3 Å². The third-order valence-electron chi connectivity index (χ3n) is 3.36. The number of hydrogen-bond donors (Lipinski definition) is 2. The predicted molar refractivity (Wildman–Crippen MR) is 76.2 cm³/mol. The van der Waals surface area contributed by atoms with Gasteiger partial charge in [0.05, 0.1) is 6.10 Å². The molecule has 0 aliphatic carbocycles. The van der Waals surface area contributed by atoms with Crippen LogP contribution in [0.4, 0.5) is 5.69 Å². The van der Waals surface area contributed by atoms with Crippen molar-refractivity contribution >= 4 is 11.6 Å². The summed E-state index contributed by atoms with van der Waals surface area (Å²) in [6.45, 7) is 5.34. The number of anilines is 1. The molecule has 1 aromatic carbocycles. The first kappa shape index (κ1) is 13.9. The average molecular weight is 262 g/mol. The quantitative estimate of drug-likeness (QED) is 0.854. The van der Waals surface area contributed by atoms with Crippen LogP contribution in [-0.2, 0) is 9.53 Å². The zero-order valence-electron chi connectivity index (χ0n) is 11.6. The van der Waals surface area contributed by atoms with Gasteiger partial charge in [0.25, 0.3) is 0 Å². The smallest absolute Gasteiger partial charge is 0.242 e. The van der Waals surface area contributed by atoms with Crippen molar-refractivity contribution in [2.24, 2.45) is 0 Å². The Morgan fingerprint density at radius 1 is 1.42 bits per heavy atom. The van der Waals surface area contributed by atoms with Gasteiger partial charge in [-0.25, -0.2) is 0 Å². The van der Waals surface area contributed by atoms with Crippen LogP contribution in [0.5, 0.6) is 0 Å². The van der Waals surface area contributed by atoms with Gasteiger partial charge in [-0.3, -0.25) is 4.79 Å². The molecule has 2 N–H and O–H groups in total. The fraction of sp³-hybridized carbons (Fsp3) is 0.533. The Morgan fingerprint density at radius 3 is 2.79 bits per heavy atom. The largest absolute Gasteiger partial charge is 0.376 e. The second-order valence-corrected chi connectivity index (χ2v) is 5.11. The summed E-state index contributed by atoms with van der Waals surface area (Å²) in [7, 11) is 0. The highest BCUT2D eigenvalue weighted by atomic mass is 16.5. The van der Waals surface area contributed by atoms with E-state index in [0.29, 0.717) is 6.54 Å². The molecule has 1 aliphatic rings. The Balaban J connectivity index is 1.76. The van der Waals surface area contributed by atoms with Crippen LogP contribution < -0.4 is 10.6 Å². The minimum absolute atomic E-state index is 0.0103.